The van der Waals surface area contributed by atoms with E-state index in [0.717, 1.165) is 22.2 Å². The van der Waals surface area contributed by atoms with Crippen molar-refractivity contribution >= 4 is 16.8 Å². The number of hydrogen-bond acceptors (Lipinski definition) is 2. The van der Waals surface area contributed by atoms with Gasteiger partial charge in [0.2, 0.25) is 0 Å². The van der Waals surface area contributed by atoms with Crippen molar-refractivity contribution in [3.05, 3.63) is 60.0 Å². The van der Waals surface area contributed by atoms with Crippen molar-refractivity contribution in [2.75, 3.05) is 0 Å². The third-order valence-electron chi connectivity index (χ3n) is 2.62. The van der Waals surface area contributed by atoms with Crippen molar-refractivity contribution < 1.29 is 4.79 Å². The van der Waals surface area contributed by atoms with Crippen molar-refractivity contribution in [2.24, 2.45) is 0 Å². The molecule has 0 atom stereocenters. The lowest BCUT2D eigenvalue weighted by Crippen LogP contribution is -2.20. The molecule has 3 nitrogen and oxygen atoms in total. The van der Waals surface area contributed by atoms with Gasteiger partial charge >= 0.3 is 0 Å². The molecule has 0 bridgehead atoms. The molecule has 1 amide bonds. The molecule has 3 heteroatoms. The van der Waals surface area contributed by atoms with Crippen molar-refractivity contribution in [2.45, 2.75) is 13.5 Å². The number of benzene rings is 1. The van der Waals surface area contributed by atoms with E-state index in [1.807, 2.05) is 37.3 Å². The van der Waals surface area contributed by atoms with E-state index in [-0.39, 0.29) is 5.91 Å². The first kappa shape index (κ1) is 12.1. The number of amides is 1. The number of hydrogen-bond donors (Lipinski definition) is 1. The molecule has 2 rings (SSSR count). The highest BCUT2D eigenvalue weighted by Crippen LogP contribution is 2.17. The van der Waals surface area contributed by atoms with E-state index in [2.05, 4.69) is 22.6 Å². The molecule has 0 saturated heterocycles. The first-order valence-corrected chi connectivity index (χ1v) is 5.69. The largest absolute Gasteiger partial charge is 0.348 e. The van der Waals surface area contributed by atoms with Crippen molar-refractivity contribution in [1.82, 2.24) is 10.3 Å². The summed E-state index contributed by atoms with van der Waals surface area (Å²) < 4.78 is 0. The van der Waals surface area contributed by atoms with Crippen LogP contribution in [-0.2, 0) is 11.3 Å². The average Bonchev–Trinajstić information content (AvgIpc) is 2.36. The summed E-state index contributed by atoms with van der Waals surface area (Å²) in [5.74, 6) is -0.191. The first-order valence-electron chi connectivity index (χ1n) is 5.69. The molecule has 0 unspecified atom stereocenters. The average molecular weight is 238 g/mol. The molecule has 0 spiro atoms. The third kappa shape index (κ3) is 2.65. The van der Waals surface area contributed by atoms with Gasteiger partial charge in [0.05, 0.1) is 5.52 Å². The standard InChI is InChI=1S/C15H14N2O/c1-3-6-15(18)16-10-12-9-11(2)17-14-8-5-4-7-13(12)14/h4-9H,1,10H2,2H3,(H,16,18). The minimum Gasteiger partial charge on any atom is -0.348 e. The number of pyridine rings is 1. The fourth-order valence-electron chi connectivity index (χ4n) is 1.87. The lowest BCUT2D eigenvalue weighted by Gasteiger charge is -2.08. The number of carbonyl (C=O) groups excluding carboxylic acids is 1. The molecule has 1 heterocycles. The molecule has 2 aromatic rings. The van der Waals surface area contributed by atoms with E-state index in [1.165, 1.54) is 6.08 Å². The second kappa shape index (κ2) is 5.30. The maximum absolute atomic E-state index is 11.4. The predicted octanol–water partition coefficient (Wildman–Crippen LogP) is 2.50. The number of nitrogens with zero attached hydrogens (tertiary/aromatic N) is 1. The summed E-state index contributed by atoms with van der Waals surface area (Å²) in [6, 6.07) is 9.88. The Balaban J connectivity index is 2.32. The van der Waals surface area contributed by atoms with E-state index in [1.54, 1.807) is 0 Å². The highest BCUT2D eigenvalue weighted by Gasteiger charge is 2.04. The Morgan fingerprint density at radius 2 is 2.28 bits per heavy atom. The van der Waals surface area contributed by atoms with Crippen LogP contribution in [-0.4, -0.2) is 10.9 Å². The van der Waals surface area contributed by atoms with Gasteiger partial charge in [-0.2, -0.15) is 0 Å². The fourth-order valence-corrected chi connectivity index (χ4v) is 1.87. The van der Waals surface area contributed by atoms with E-state index >= 15 is 0 Å². The van der Waals surface area contributed by atoms with Gasteiger partial charge in [-0.3, -0.25) is 9.78 Å². The Kier molecular flexibility index (Phi) is 3.56. The minimum atomic E-state index is -0.191. The number of nitrogens with one attached hydrogen (secondary N) is 1. The summed E-state index contributed by atoms with van der Waals surface area (Å²) in [7, 11) is 0. The van der Waals surface area contributed by atoms with Crippen molar-refractivity contribution in [1.29, 1.82) is 0 Å². The highest BCUT2D eigenvalue weighted by atomic mass is 16.1. The second-order valence-corrected chi connectivity index (χ2v) is 4.01. The minimum absolute atomic E-state index is 0.191. The lowest BCUT2D eigenvalue weighted by atomic mass is 10.1. The van der Waals surface area contributed by atoms with Crippen LogP contribution < -0.4 is 5.32 Å². The zero-order valence-electron chi connectivity index (χ0n) is 10.2. The molecule has 1 aromatic carbocycles. The van der Waals surface area contributed by atoms with E-state index < -0.39 is 0 Å². The maximum atomic E-state index is 11.4. The van der Waals surface area contributed by atoms with Crippen LogP contribution in [0.2, 0.25) is 0 Å². The van der Waals surface area contributed by atoms with Crippen LogP contribution in [0.4, 0.5) is 0 Å². The van der Waals surface area contributed by atoms with Crippen LogP contribution in [0.5, 0.6) is 0 Å². The molecule has 90 valence electrons. The molecule has 0 aliphatic rings. The predicted molar refractivity (Wildman–Crippen MR) is 72.0 cm³/mol. The molecule has 1 aromatic heterocycles. The molecule has 1 N–H and O–H groups in total. The number of para-hydroxylation sites is 1. The Labute approximate surface area is 106 Å². The summed E-state index contributed by atoms with van der Waals surface area (Å²) in [5, 5.41) is 3.86. The van der Waals surface area contributed by atoms with Crippen LogP contribution in [0.3, 0.4) is 0 Å². The van der Waals surface area contributed by atoms with Crippen LogP contribution in [0.1, 0.15) is 11.3 Å². The quantitative estimate of drug-likeness (QED) is 0.659. The first-order chi connectivity index (χ1) is 8.70. The van der Waals surface area contributed by atoms with Crippen LogP contribution in [0, 0.1) is 6.92 Å². The normalized spacial score (nSPS) is 9.83. The summed E-state index contributed by atoms with van der Waals surface area (Å²) in [5.41, 5.74) is 5.40. The highest BCUT2D eigenvalue weighted by molar-refractivity contribution is 5.88. The van der Waals surface area contributed by atoms with Gasteiger partial charge in [0.1, 0.15) is 0 Å². The van der Waals surface area contributed by atoms with Crippen LogP contribution >= 0.6 is 0 Å². The maximum Gasteiger partial charge on any atom is 0.251 e. The van der Waals surface area contributed by atoms with E-state index in [0.29, 0.717) is 6.54 Å². The Morgan fingerprint density at radius 1 is 1.50 bits per heavy atom. The van der Waals surface area contributed by atoms with Gasteiger partial charge in [0.25, 0.3) is 5.91 Å². The summed E-state index contributed by atoms with van der Waals surface area (Å²) >= 11 is 0. The van der Waals surface area contributed by atoms with Gasteiger partial charge in [-0.15, -0.1) is 5.73 Å². The second-order valence-electron chi connectivity index (χ2n) is 4.01. The van der Waals surface area contributed by atoms with Crippen LogP contribution in [0.25, 0.3) is 10.9 Å². The molecule has 0 aliphatic heterocycles. The number of carbonyl (C=O) groups is 1. The summed E-state index contributed by atoms with van der Waals surface area (Å²) in [4.78, 5) is 15.8. The van der Waals surface area contributed by atoms with Gasteiger partial charge in [-0.1, -0.05) is 24.8 Å². The summed E-state index contributed by atoms with van der Waals surface area (Å²) in [6.07, 6.45) is 1.29. The smallest absolute Gasteiger partial charge is 0.251 e. The molecule has 18 heavy (non-hydrogen) atoms. The van der Waals surface area contributed by atoms with Crippen LogP contribution in [0.15, 0.2) is 48.7 Å². The Morgan fingerprint density at radius 3 is 3.06 bits per heavy atom. The van der Waals surface area contributed by atoms with Crippen molar-refractivity contribution in [3.63, 3.8) is 0 Å². The van der Waals surface area contributed by atoms with E-state index in [4.69, 9.17) is 0 Å². The monoisotopic (exact) mass is 238 g/mol. The molecule has 0 fully saturated rings. The van der Waals surface area contributed by atoms with E-state index in [9.17, 15) is 4.79 Å². The van der Waals surface area contributed by atoms with Gasteiger partial charge < -0.3 is 5.32 Å². The van der Waals surface area contributed by atoms with Gasteiger partial charge in [-0.25, -0.2) is 0 Å². The molecule has 0 aliphatic carbocycles. The molecular weight excluding hydrogens is 224 g/mol. The lowest BCUT2D eigenvalue weighted by molar-refractivity contribution is -0.116. The van der Waals surface area contributed by atoms with Crippen molar-refractivity contribution in [3.8, 4) is 0 Å². The Bertz CT molecular complexity index is 640. The molecule has 0 saturated carbocycles. The fraction of sp³-hybridized carbons (Fsp3) is 0.133. The topological polar surface area (TPSA) is 42.0 Å². The van der Waals surface area contributed by atoms with Gasteiger partial charge in [-0.05, 0) is 24.6 Å². The zero-order chi connectivity index (χ0) is 13.0. The van der Waals surface area contributed by atoms with Gasteiger partial charge in [0, 0.05) is 23.7 Å². The third-order valence-corrected chi connectivity index (χ3v) is 2.62. The van der Waals surface area contributed by atoms with Gasteiger partial charge in [0.15, 0.2) is 0 Å². The molecule has 0 radical (unpaired) electrons. The summed E-state index contributed by atoms with van der Waals surface area (Å²) in [6.45, 7) is 5.79. The number of fused-ring (bicyclic) bond motifs is 1. The molecular formula is C15H14N2O. The zero-order valence-corrected chi connectivity index (χ0v) is 10.2. The number of rotatable bonds is 3. The Hall–Kier alpha value is -2.38. The number of aryl methyl sites for hydroxylation is 1. The SMILES string of the molecule is C=C=CC(=O)NCc1cc(C)nc2ccccc12. The number of aromatic nitrogens is 1.